The van der Waals surface area contributed by atoms with Gasteiger partial charge < -0.3 is 19.5 Å². The van der Waals surface area contributed by atoms with Gasteiger partial charge in [0.05, 0.1) is 23.1 Å². The molecule has 1 aliphatic heterocycles. The van der Waals surface area contributed by atoms with Crippen molar-refractivity contribution in [1.29, 1.82) is 0 Å². The van der Waals surface area contributed by atoms with Gasteiger partial charge in [-0.05, 0) is 124 Å². The smallest absolute Gasteiger partial charge is 0.338 e. The van der Waals surface area contributed by atoms with E-state index in [2.05, 4.69) is 24.4 Å². The molecule has 0 saturated heterocycles. The molecule has 1 N–H and O–H groups in total. The highest BCUT2D eigenvalue weighted by molar-refractivity contribution is 6.19. The predicted molar refractivity (Wildman–Crippen MR) is 203 cm³/mol. The number of nitrogens with one attached hydrogen (secondary N) is 1. The second kappa shape index (κ2) is 16.1. The Bertz CT molecular complexity index is 1950. The van der Waals surface area contributed by atoms with E-state index < -0.39 is 5.97 Å². The fraction of sp³-hybridized carbons (Fsp3) is 0.409. The van der Waals surface area contributed by atoms with Crippen LogP contribution in [0.15, 0.2) is 83.9 Å². The van der Waals surface area contributed by atoms with Gasteiger partial charge in [-0.2, -0.15) is 0 Å². The lowest BCUT2D eigenvalue weighted by Gasteiger charge is -2.27. The summed E-state index contributed by atoms with van der Waals surface area (Å²) in [5.41, 5.74) is 4.19. The maximum absolute atomic E-state index is 13.2. The molecule has 0 radical (unpaired) electrons. The minimum atomic E-state index is -0.421. The predicted octanol–water partition coefficient (Wildman–Crippen LogP) is 10.3. The molecule has 0 amide bonds. The summed E-state index contributed by atoms with van der Waals surface area (Å²) in [7, 11) is 0. The van der Waals surface area contributed by atoms with Crippen molar-refractivity contribution in [1.82, 2.24) is 0 Å². The zero-order valence-electron chi connectivity index (χ0n) is 30.2. The molecule has 0 unspecified atom stereocenters. The van der Waals surface area contributed by atoms with Gasteiger partial charge in [-0.1, -0.05) is 62.9 Å². The third-order valence-electron chi connectivity index (χ3n) is 11.0. The van der Waals surface area contributed by atoms with Gasteiger partial charge in [0.1, 0.15) is 23.4 Å². The third kappa shape index (κ3) is 8.22. The number of ether oxygens (including phenoxy) is 3. The minimum Gasteiger partial charge on any atom is -0.459 e. The molecule has 0 spiro atoms. The van der Waals surface area contributed by atoms with E-state index in [1.165, 1.54) is 25.7 Å². The Morgan fingerprint density at radius 1 is 0.750 bits per heavy atom. The number of anilines is 1. The van der Waals surface area contributed by atoms with Gasteiger partial charge in [0.15, 0.2) is 0 Å². The summed E-state index contributed by atoms with van der Waals surface area (Å²) < 4.78 is 17.4. The van der Waals surface area contributed by atoms with Crippen LogP contribution in [0.5, 0.6) is 11.5 Å². The van der Waals surface area contributed by atoms with Crippen molar-refractivity contribution < 1.29 is 28.6 Å². The van der Waals surface area contributed by atoms with E-state index in [1.54, 1.807) is 24.3 Å². The topological polar surface area (TPSA) is 103 Å². The molecule has 52 heavy (non-hydrogen) atoms. The molecular weight excluding hydrogens is 652 g/mol. The lowest BCUT2D eigenvalue weighted by atomic mass is 9.80. The van der Waals surface area contributed by atoms with Crippen LogP contribution in [-0.4, -0.2) is 29.8 Å². The Hall–Kier alpha value is -4.98. The molecule has 0 aromatic heterocycles. The second-order valence-electron chi connectivity index (χ2n) is 14.7. The number of aryl methyl sites for hydroxylation is 1. The number of benzene rings is 4. The molecule has 2 fully saturated rings. The van der Waals surface area contributed by atoms with Gasteiger partial charge in [-0.15, -0.1) is 0 Å². The molecule has 4 aromatic carbocycles. The normalized spacial score (nSPS) is 21.1. The lowest BCUT2D eigenvalue weighted by Crippen LogP contribution is -2.30. The van der Waals surface area contributed by atoms with Crippen molar-refractivity contribution in [3.05, 3.63) is 95.6 Å². The van der Waals surface area contributed by atoms with E-state index in [-0.39, 0.29) is 29.9 Å². The molecule has 1 heterocycles. The van der Waals surface area contributed by atoms with E-state index in [1.807, 2.05) is 49.4 Å². The number of carbonyl (C=O) groups excluding carboxylic acids is 3. The number of esters is 3. The number of hydrogen-bond acceptors (Lipinski definition) is 8. The van der Waals surface area contributed by atoms with Crippen LogP contribution in [0, 0.1) is 24.7 Å². The molecule has 8 nitrogen and oxygen atoms in total. The molecule has 8 heteroatoms. The van der Waals surface area contributed by atoms with Crippen molar-refractivity contribution in [2.75, 3.05) is 5.32 Å². The van der Waals surface area contributed by atoms with Gasteiger partial charge in [-0.3, -0.25) is 9.59 Å². The molecule has 4 aromatic rings. The molecule has 2 saturated carbocycles. The van der Waals surface area contributed by atoms with Crippen LogP contribution in [-0.2, 0) is 14.3 Å². The number of rotatable bonds is 11. The Labute approximate surface area is 306 Å². The Balaban J connectivity index is 0.872. The zero-order valence-corrected chi connectivity index (χ0v) is 30.2. The van der Waals surface area contributed by atoms with E-state index in [4.69, 9.17) is 19.2 Å². The number of carbonyl (C=O) groups is 3. The zero-order chi connectivity index (χ0) is 36.0. The fourth-order valence-corrected chi connectivity index (χ4v) is 7.91. The first-order chi connectivity index (χ1) is 25.3. The van der Waals surface area contributed by atoms with Crippen molar-refractivity contribution in [2.24, 2.45) is 22.7 Å². The van der Waals surface area contributed by atoms with E-state index in [0.717, 1.165) is 64.9 Å². The molecule has 0 atom stereocenters. The first-order valence-corrected chi connectivity index (χ1v) is 19.1. The summed E-state index contributed by atoms with van der Waals surface area (Å²) in [4.78, 5) is 43.9. The largest absolute Gasteiger partial charge is 0.459 e. The number of amidine groups is 1. The standard InChI is InChI=1S/C44H48N2O6/c1-3-4-5-8-29-14-16-31(17-15-29)42(47)50-34-23-18-32(19-24-34)43(48)51-35-25-20-33(21-26-35)44(49)52-36-22-13-28(2)37(27-36)41-45-38-11-6-9-30-10-7-12-39(46-41)40(30)38/h6-7,9-13,18-19,22-24,27,29,31,33,35H,3-5,8,14-17,20-21,25-26H2,1-2H3,(H,45,46). The molecule has 270 valence electrons. The van der Waals surface area contributed by atoms with Crippen LogP contribution in [0.1, 0.15) is 105 Å². The Morgan fingerprint density at radius 3 is 2.12 bits per heavy atom. The Kier molecular flexibility index (Phi) is 11.0. The van der Waals surface area contributed by atoms with Crippen molar-refractivity contribution >= 4 is 45.9 Å². The monoisotopic (exact) mass is 700 g/mol. The molecule has 2 aliphatic carbocycles. The summed E-state index contributed by atoms with van der Waals surface area (Å²) >= 11 is 0. The van der Waals surface area contributed by atoms with Gasteiger partial charge in [0.25, 0.3) is 0 Å². The Morgan fingerprint density at radius 2 is 1.40 bits per heavy atom. The number of unbranched alkanes of at least 4 members (excludes halogenated alkanes) is 2. The van der Waals surface area contributed by atoms with Crippen LogP contribution < -0.4 is 14.8 Å². The molecular formula is C44H48N2O6. The maximum atomic E-state index is 13.2. The maximum Gasteiger partial charge on any atom is 0.338 e. The summed E-state index contributed by atoms with van der Waals surface area (Å²) in [6.07, 6.45) is 11.0. The average Bonchev–Trinajstić information content (AvgIpc) is 3.16. The highest BCUT2D eigenvalue weighted by Crippen LogP contribution is 2.38. The average molecular weight is 701 g/mol. The SMILES string of the molecule is CCCCCC1CCC(C(=O)Oc2ccc(C(=O)OC3CCC(C(=O)Oc4ccc(C)c(C5=Nc6cccc7cccc(c67)N5)c4)CC3)cc2)CC1. The van der Waals surface area contributed by atoms with Crippen molar-refractivity contribution in [3.8, 4) is 11.5 Å². The van der Waals surface area contributed by atoms with E-state index in [9.17, 15) is 14.4 Å². The number of hydrogen-bond donors (Lipinski definition) is 1. The number of nitrogens with zero attached hydrogens (tertiary/aromatic N) is 1. The quantitative estimate of drug-likeness (QED) is 0.0943. The number of aliphatic imine (C=N–C) groups is 1. The second-order valence-corrected chi connectivity index (χ2v) is 14.7. The summed E-state index contributed by atoms with van der Waals surface area (Å²) in [6.45, 7) is 4.24. The van der Waals surface area contributed by atoms with Crippen molar-refractivity contribution in [3.63, 3.8) is 0 Å². The lowest BCUT2D eigenvalue weighted by molar-refractivity contribution is -0.141. The van der Waals surface area contributed by atoms with Crippen LogP contribution in [0.3, 0.4) is 0 Å². The van der Waals surface area contributed by atoms with Crippen LogP contribution >= 0.6 is 0 Å². The van der Waals surface area contributed by atoms with Crippen LogP contribution in [0.4, 0.5) is 11.4 Å². The molecule has 7 rings (SSSR count). The van der Waals surface area contributed by atoms with Gasteiger partial charge in [0.2, 0.25) is 0 Å². The van der Waals surface area contributed by atoms with E-state index in [0.29, 0.717) is 48.6 Å². The van der Waals surface area contributed by atoms with Crippen LogP contribution in [0.2, 0.25) is 0 Å². The first-order valence-electron chi connectivity index (χ1n) is 19.1. The first kappa shape index (κ1) is 35.4. The summed E-state index contributed by atoms with van der Waals surface area (Å²) in [6, 6.07) is 24.5. The summed E-state index contributed by atoms with van der Waals surface area (Å²) in [5.74, 6) is 1.14. The fourth-order valence-electron chi connectivity index (χ4n) is 7.91. The van der Waals surface area contributed by atoms with Crippen molar-refractivity contribution in [2.45, 2.75) is 97.0 Å². The van der Waals surface area contributed by atoms with Gasteiger partial charge >= 0.3 is 17.9 Å². The minimum absolute atomic E-state index is 0.0578. The van der Waals surface area contributed by atoms with Gasteiger partial charge in [0, 0.05) is 16.6 Å². The molecule has 3 aliphatic rings. The van der Waals surface area contributed by atoms with Crippen LogP contribution in [0.25, 0.3) is 10.8 Å². The van der Waals surface area contributed by atoms with Gasteiger partial charge in [-0.25, -0.2) is 9.79 Å². The summed E-state index contributed by atoms with van der Waals surface area (Å²) in [5, 5.41) is 5.69. The molecule has 0 bridgehead atoms. The highest BCUT2D eigenvalue weighted by Gasteiger charge is 2.31. The highest BCUT2D eigenvalue weighted by atomic mass is 16.5. The van der Waals surface area contributed by atoms with E-state index >= 15 is 0 Å². The third-order valence-corrected chi connectivity index (χ3v) is 11.0.